The average Bonchev–Trinajstić information content (AvgIpc) is 3.36. The van der Waals surface area contributed by atoms with Crippen molar-refractivity contribution in [1.29, 1.82) is 0 Å². The molecule has 1 aliphatic heterocycles. The van der Waals surface area contributed by atoms with Gasteiger partial charge in [0.1, 0.15) is 5.76 Å². The maximum atomic E-state index is 12.3. The second-order valence-electron chi connectivity index (χ2n) is 6.84. The zero-order valence-electron chi connectivity index (χ0n) is 16.0. The molecule has 158 valence electrons. The van der Waals surface area contributed by atoms with E-state index in [1.165, 1.54) is 6.26 Å². The van der Waals surface area contributed by atoms with E-state index in [9.17, 15) is 14.4 Å². The van der Waals surface area contributed by atoms with Crippen LogP contribution >= 0.6 is 23.8 Å². The molecule has 1 aromatic heterocycles. The van der Waals surface area contributed by atoms with E-state index in [1.54, 1.807) is 23.1 Å². The van der Waals surface area contributed by atoms with E-state index < -0.39 is 5.92 Å². The summed E-state index contributed by atoms with van der Waals surface area (Å²) in [6.07, 6.45) is 2.30. The zero-order valence-corrected chi connectivity index (χ0v) is 17.6. The number of carbonyl (C=O) groups is 3. The lowest BCUT2D eigenvalue weighted by atomic mass is 10.1. The first-order valence-corrected chi connectivity index (χ1v) is 10.1. The highest BCUT2D eigenvalue weighted by Crippen LogP contribution is 2.20. The van der Waals surface area contributed by atoms with Crippen LogP contribution in [0.25, 0.3) is 0 Å². The van der Waals surface area contributed by atoms with Crippen LogP contribution in [0.15, 0.2) is 47.1 Å². The van der Waals surface area contributed by atoms with Gasteiger partial charge >= 0.3 is 0 Å². The van der Waals surface area contributed by atoms with Crippen molar-refractivity contribution in [2.45, 2.75) is 25.8 Å². The number of carbonyl (C=O) groups excluding carboxylic acids is 3. The lowest BCUT2D eigenvalue weighted by Gasteiger charge is -2.16. The molecule has 8 nitrogen and oxygen atoms in total. The van der Waals surface area contributed by atoms with Gasteiger partial charge in [0, 0.05) is 24.4 Å². The van der Waals surface area contributed by atoms with Crippen molar-refractivity contribution in [3.63, 3.8) is 0 Å². The largest absolute Gasteiger partial charge is 0.467 e. The number of hydrazine groups is 1. The number of hydrogen-bond donors (Lipinski definition) is 3. The lowest BCUT2D eigenvalue weighted by molar-refractivity contribution is -0.129. The number of furan rings is 1. The Kier molecular flexibility index (Phi) is 7.42. The van der Waals surface area contributed by atoms with Gasteiger partial charge < -0.3 is 14.6 Å². The Morgan fingerprint density at radius 1 is 1.20 bits per heavy atom. The number of halogens is 1. The van der Waals surface area contributed by atoms with E-state index >= 15 is 0 Å². The Bertz CT molecular complexity index is 935. The molecule has 1 aromatic carbocycles. The zero-order chi connectivity index (χ0) is 21.5. The van der Waals surface area contributed by atoms with Gasteiger partial charge in [0.05, 0.1) is 18.7 Å². The fourth-order valence-electron chi connectivity index (χ4n) is 3.08. The SMILES string of the molecule is O=C(CCc1ccccc1Cl)NC(=S)NNC(=O)C1CC(=O)N(Cc2ccco2)C1. The predicted molar refractivity (Wildman–Crippen MR) is 114 cm³/mol. The highest BCUT2D eigenvalue weighted by atomic mass is 35.5. The van der Waals surface area contributed by atoms with Gasteiger partial charge in [-0.3, -0.25) is 25.2 Å². The van der Waals surface area contributed by atoms with Crippen LogP contribution in [0.2, 0.25) is 5.02 Å². The Hall–Kier alpha value is -2.91. The second kappa shape index (κ2) is 10.2. The molecule has 1 unspecified atom stereocenters. The molecule has 0 saturated carbocycles. The standard InChI is InChI=1S/C20H21ClN4O4S/c21-16-6-2-1-4-13(16)7-8-17(26)22-20(30)24-23-19(28)14-10-18(27)25(11-14)12-15-5-3-9-29-15/h1-6,9,14H,7-8,10-12H2,(H,23,28)(H2,22,24,26,30). The summed E-state index contributed by atoms with van der Waals surface area (Å²) in [6, 6.07) is 10.8. The van der Waals surface area contributed by atoms with Crippen molar-refractivity contribution in [1.82, 2.24) is 21.1 Å². The maximum absolute atomic E-state index is 12.3. The van der Waals surface area contributed by atoms with Crippen molar-refractivity contribution >= 4 is 46.7 Å². The number of benzene rings is 1. The van der Waals surface area contributed by atoms with Crippen LogP contribution < -0.4 is 16.2 Å². The smallest absolute Gasteiger partial charge is 0.243 e. The molecule has 1 saturated heterocycles. The number of likely N-dealkylation sites (tertiary alicyclic amines) is 1. The number of nitrogens with zero attached hydrogens (tertiary/aromatic N) is 1. The number of amides is 3. The van der Waals surface area contributed by atoms with Crippen LogP contribution in [0.3, 0.4) is 0 Å². The van der Waals surface area contributed by atoms with Crippen LogP contribution in [-0.4, -0.2) is 34.3 Å². The maximum Gasteiger partial charge on any atom is 0.243 e. The van der Waals surface area contributed by atoms with Crippen molar-refractivity contribution in [3.8, 4) is 0 Å². The summed E-state index contributed by atoms with van der Waals surface area (Å²) < 4.78 is 5.24. The summed E-state index contributed by atoms with van der Waals surface area (Å²) in [7, 11) is 0. The highest BCUT2D eigenvalue weighted by Gasteiger charge is 2.34. The third kappa shape index (κ3) is 6.04. The molecule has 2 heterocycles. The molecule has 3 N–H and O–H groups in total. The minimum Gasteiger partial charge on any atom is -0.467 e. The summed E-state index contributed by atoms with van der Waals surface area (Å²) in [4.78, 5) is 38.0. The van der Waals surface area contributed by atoms with E-state index in [1.807, 2.05) is 18.2 Å². The molecule has 1 atom stereocenters. The lowest BCUT2D eigenvalue weighted by Crippen LogP contribution is -2.50. The van der Waals surface area contributed by atoms with Crippen LogP contribution in [-0.2, 0) is 27.3 Å². The fourth-order valence-corrected chi connectivity index (χ4v) is 3.48. The van der Waals surface area contributed by atoms with Crippen molar-refractivity contribution < 1.29 is 18.8 Å². The molecule has 30 heavy (non-hydrogen) atoms. The van der Waals surface area contributed by atoms with Gasteiger partial charge in [-0.2, -0.15) is 0 Å². The van der Waals surface area contributed by atoms with Crippen molar-refractivity contribution in [2.24, 2.45) is 5.92 Å². The summed E-state index contributed by atoms with van der Waals surface area (Å²) in [5, 5.41) is 3.08. The van der Waals surface area contributed by atoms with Crippen LogP contribution in [0.1, 0.15) is 24.2 Å². The number of rotatable bonds is 6. The summed E-state index contributed by atoms with van der Waals surface area (Å²) in [5.41, 5.74) is 5.81. The van der Waals surface area contributed by atoms with Crippen molar-refractivity contribution in [2.75, 3.05) is 6.54 Å². The molecule has 0 spiro atoms. The van der Waals surface area contributed by atoms with Gasteiger partial charge in [-0.25, -0.2) is 0 Å². The number of nitrogens with one attached hydrogen (secondary N) is 3. The molecule has 1 fully saturated rings. The third-order valence-electron chi connectivity index (χ3n) is 4.64. The van der Waals surface area contributed by atoms with Gasteiger partial charge in [-0.1, -0.05) is 29.8 Å². The monoisotopic (exact) mass is 448 g/mol. The first-order valence-electron chi connectivity index (χ1n) is 9.35. The number of thiocarbonyl (C=S) groups is 1. The van der Waals surface area contributed by atoms with Gasteiger partial charge in [-0.15, -0.1) is 0 Å². The predicted octanol–water partition coefficient (Wildman–Crippen LogP) is 1.94. The van der Waals surface area contributed by atoms with E-state index in [-0.39, 0.29) is 42.2 Å². The Balaban J connectivity index is 1.38. The number of aryl methyl sites for hydroxylation is 1. The Morgan fingerprint density at radius 2 is 2.00 bits per heavy atom. The topological polar surface area (TPSA) is 104 Å². The molecule has 10 heteroatoms. The summed E-state index contributed by atoms with van der Waals surface area (Å²) >= 11 is 11.1. The molecule has 2 aromatic rings. The average molecular weight is 449 g/mol. The number of hydrogen-bond acceptors (Lipinski definition) is 5. The van der Waals surface area contributed by atoms with E-state index in [0.717, 1.165) is 5.56 Å². The third-order valence-corrected chi connectivity index (χ3v) is 5.22. The summed E-state index contributed by atoms with van der Waals surface area (Å²) in [6.45, 7) is 0.604. The fraction of sp³-hybridized carbons (Fsp3) is 0.300. The quantitative estimate of drug-likeness (QED) is 0.461. The second-order valence-corrected chi connectivity index (χ2v) is 7.65. The molecule has 3 rings (SSSR count). The molecule has 0 aliphatic carbocycles. The first-order chi connectivity index (χ1) is 14.4. The first kappa shape index (κ1) is 21.8. The normalized spacial score (nSPS) is 15.7. The molecular formula is C20H21ClN4O4S. The van der Waals surface area contributed by atoms with Gasteiger partial charge in [0.15, 0.2) is 5.11 Å². The highest BCUT2D eigenvalue weighted by molar-refractivity contribution is 7.80. The van der Waals surface area contributed by atoms with Crippen molar-refractivity contribution in [3.05, 3.63) is 59.0 Å². The van der Waals surface area contributed by atoms with Crippen LogP contribution in [0.4, 0.5) is 0 Å². The van der Waals surface area contributed by atoms with E-state index in [4.69, 9.17) is 28.2 Å². The van der Waals surface area contributed by atoms with Crippen LogP contribution in [0, 0.1) is 5.92 Å². The minimum atomic E-state index is -0.515. The molecular weight excluding hydrogens is 428 g/mol. The molecule has 1 aliphatic rings. The van der Waals surface area contributed by atoms with Gasteiger partial charge in [0.2, 0.25) is 17.7 Å². The molecule has 0 radical (unpaired) electrons. The summed E-state index contributed by atoms with van der Waals surface area (Å²) in [5.74, 6) is -0.663. The molecule has 3 amide bonds. The van der Waals surface area contributed by atoms with Gasteiger partial charge in [0.25, 0.3) is 0 Å². The van der Waals surface area contributed by atoms with E-state index in [2.05, 4.69) is 16.2 Å². The van der Waals surface area contributed by atoms with Crippen LogP contribution in [0.5, 0.6) is 0 Å². The van der Waals surface area contributed by atoms with E-state index in [0.29, 0.717) is 23.7 Å². The molecule has 0 bridgehead atoms. The minimum absolute atomic E-state index is 0.0238. The Morgan fingerprint density at radius 3 is 2.73 bits per heavy atom. The van der Waals surface area contributed by atoms with Gasteiger partial charge in [-0.05, 0) is 42.4 Å². The Labute approximate surface area is 183 Å².